The minimum atomic E-state index is -0.359. The van der Waals surface area contributed by atoms with E-state index in [0.717, 1.165) is 51.4 Å². The lowest BCUT2D eigenvalue weighted by Crippen LogP contribution is -2.60. The smallest absolute Gasteiger partial charge is 0.321 e. The van der Waals surface area contributed by atoms with Gasteiger partial charge in [-0.1, -0.05) is 13.8 Å². The summed E-state index contributed by atoms with van der Waals surface area (Å²) in [7, 11) is 1.58. The largest absolute Gasteiger partial charge is 0.461 e. The molecule has 5 nitrogen and oxygen atoms in total. The summed E-state index contributed by atoms with van der Waals surface area (Å²) in [6.45, 7) is 4.78. The summed E-state index contributed by atoms with van der Waals surface area (Å²) in [5.41, 5.74) is -0.0965. The Hall–Kier alpha value is -0.650. The number of halogens is 1. The number of carbonyl (C=O) groups is 2. The predicted octanol–water partition coefficient (Wildman–Crippen LogP) is 3.98. The Morgan fingerprint density at radius 3 is 2.57 bits per heavy atom. The van der Waals surface area contributed by atoms with Crippen molar-refractivity contribution in [3.05, 3.63) is 0 Å². The fourth-order valence-corrected chi connectivity index (χ4v) is 8.47. The Labute approximate surface area is 185 Å². The van der Waals surface area contributed by atoms with Crippen LogP contribution in [0, 0.1) is 40.4 Å². The molecule has 4 aliphatic carbocycles. The number of carbonyl (C=O) groups excluding carboxylic acids is 2. The second kappa shape index (κ2) is 8.37. The van der Waals surface area contributed by atoms with Gasteiger partial charge in [0.15, 0.2) is 5.78 Å². The Kier molecular flexibility index (Phi) is 6.29. The van der Waals surface area contributed by atoms with Crippen LogP contribution in [0.3, 0.4) is 0 Å². The molecule has 0 radical (unpaired) electrons. The first-order valence-corrected chi connectivity index (χ1v) is 12.2. The second-order valence-corrected chi connectivity index (χ2v) is 11.2. The number of ether oxygens (including phenoxy) is 2. The van der Waals surface area contributed by atoms with Crippen molar-refractivity contribution in [3.8, 4) is 0 Å². The Balaban J connectivity index is 1.69. The van der Waals surface area contributed by atoms with E-state index in [1.165, 1.54) is 0 Å². The van der Waals surface area contributed by atoms with Crippen molar-refractivity contribution in [2.24, 2.45) is 40.4 Å². The normalized spacial score (nSPS) is 47.7. The molecule has 0 amide bonds. The molecule has 0 unspecified atom stereocenters. The Morgan fingerprint density at radius 1 is 1.10 bits per heavy atom. The SMILES string of the molecule is COCC(=O)[C@H]1CC[C@H]2[C@@H]3CC[C@H]4C[C@H](O)CC[C@]4(C)[C@H]3[C@@H](OC(=O)CCl)C[C@]12C. The molecule has 4 saturated carbocycles. The van der Waals surface area contributed by atoms with E-state index < -0.39 is 0 Å². The molecule has 0 aliphatic heterocycles. The van der Waals surface area contributed by atoms with Gasteiger partial charge in [0.05, 0.1) is 6.10 Å². The molecule has 170 valence electrons. The van der Waals surface area contributed by atoms with Crippen molar-refractivity contribution in [2.75, 3.05) is 19.6 Å². The zero-order chi connectivity index (χ0) is 21.7. The van der Waals surface area contributed by atoms with Gasteiger partial charge in [-0.2, -0.15) is 0 Å². The number of methoxy groups -OCH3 is 1. The molecule has 0 spiro atoms. The summed E-state index contributed by atoms with van der Waals surface area (Å²) >= 11 is 5.83. The van der Waals surface area contributed by atoms with Gasteiger partial charge in [0, 0.05) is 18.9 Å². The van der Waals surface area contributed by atoms with Gasteiger partial charge in [0.2, 0.25) is 0 Å². The highest BCUT2D eigenvalue weighted by molar-refractivity contribution is 6.26. The monoisotopic (exact) mass is 440 g/mol. The van der Waals surface area contributed by atoms with Gasteiger partial charge in [-0.15, -0.1) is 11.6 Å². The number of aliphatic hydroxyl groups excluding tert-OH is 1. The first-order valence-electron chi connectivity index (χ1n) is 11.7. The number of rotatable bonds is 5. The summed E-state index contributed by atoms with van der Waals surface area (Å²) in [5.74, 6) is 1.34. The van der Waals surface area contributed by atoms with Crippen LogP contribution in [-0.2, 0) is 19.1 Å². The van der Waals surface area contributed by atoms with E-state index in [2.05, 4.69) is 13.8 Å². The lowest BCUT2D eigenvalue weighted by molar-refractivity contribution is -0.197. The molecule has 4 fully saturated rings. The molecular formula is C24H37ClO5. The van der Waals surface area contributed by atoms with E-state index in [4.69, 9.17) is 21.1 Å². The molecule has 0 saturated heterocycles. The van der Waals surface area contributed by atoms with Crippen molar-refractivity contribution in [3.63, 3.8) is 0 Å². The number of esters is 1. The van der Waals surface area contributed by atoms with E-state index in [1.54, 1.807) is 7.11 Å². The van der Waals surface area contributed by atoms with Gasteiger partial charge in [-0.05, 0) is 80.0 Å². The fraction of sp³-hybridized carbons (Fsp3) is 0.917. The fourth-order valence-electron chi connectivity index (χ4n) is 8.41. The van der Waals surface area contributed by atoms with Gasteiger partial charge in [-0.25, -0.2) is 0 Å². The summed E-state index contributed by atoms with van der Waals surface area (Å²) in [6.07, 6.45) is 7.15. The summed E-state index contributed by atoms with van der Waals surface area (Å²) in [5, 5.41) is 10.3. The molecule has 30 heavy (non-hydrogen) atoms. The van der Waals surface area contributed by atoms with Crippen molar-refractivity contribution in [1.82, 2.24) is 0 Å². The quantitative estimate of drug-likeness (QED) is 0.517. The van der Waals surface area contributed by atoms with Crippen molar-refractivity contribution in [2.45, 2.75) is 77.4 Å². The van der Waals surface area contributed by atoms with Crippen LogP contribution in [0.1, 0.15) is 65.2 Å². The highest BCUT2D eigenvalue weighted by atomic mass is 35.5. The van der Waals surface area contributed by atoms with Crippen LogP contribution in [0.5, 0.6) is 0 Å². The third-order valence-electron chi connectivity index (χ3n) is 9.61. The maximum atomic E-state index is 12.9. The number of hydrogen-bond acceptors (Lipinski definition) is 5. The third kappa shape index (κ3) is 3.53. The maximum absolute atomic E-state index is 12.9. The van der Waals surface area contributed by atoms with Gasteiger partial charge in [0.25, 0.3) is 0 Å². The van der Waals surface area contributed by atoms with Crippen molar-refractivity contribution < 1.29 is 24.2 Å². The van der Waals surface area contributed by atoms with Crippen LogP contribution in [0.25, 0.3) is 0 Å². The van der Waals surface area contributed by atoms with Crippen LogP contribution in [-0.4, -0.2) is 48.7 Å². The van der Waals surface area contributed by atoms with Gasteiger partial charge in [0.1, 0.15) is 18.6 Å². The molecule has 1 N–H and O–H groups in total. The van der Waals surface area contributed by atoms with Crippen molar-refractivity contribution in [1.29, 1.82) is 0 Å². The number of alkyl halides is 1. The first-order chi connectivity index (χ1) is 14.2. The van der Waals surface area contributed by atoms with Gasteiger partial charge < -0.3 is 14.6 Å². The topological polar surface area (TPSA) is 72.8 Å². The van der Waals surface area contributed by atoms with Crippen LogP contribution >= 0.6 is 11.6 Å². The Morgan fingerprint density at radius 2 is 1.87 bits per heavy atom. The zero-order valence-corrected chi connectivity index (χ0v) is 19.3. The number of ketones is 1. The maximum Gasteiger partial charge on any atom is 0.321 e. The zero-order valence-electron chi connectivity index (χ0n) is 18.6. The predicted molar refractivity (Wildman–Crippen MR) is 114 cm³/mol. The van der Waals surface area contributed by atoms with E-state index in [0.29, 0.717) is 17.8 Å². The number of hydrogen-bond donors (Lipinski definition) is 1. The van der Waals surface area contributed by atoms with Crippen LogP contribution in [0.15, 0.2) is 0 Å². The first kappa shape index (κ1) is 22.5. The molecule has 4 aliphatic rings. The van der Waals surface area contributed by atoms with Crippen LogP contribution in [0.2, 0.25) is 0 Å². The molecule has 9 atom stereocenters. The average molecular weight is 441 g/mol. The number of aliphatic hydroxyl groups is 1. The number of fused-ring (bicyclic) bond motifs is 5. The number of Topliss-reactive ketones (excluding diaryl/α,β-unsaturated/α-hetero) is 1. The lowest BCUT2D eigenvalue weighted by atomic mass is 9.43. The molecule has 0 aromatic heterocycles. The minimum absolute atomic E-state index is 0.0284. The molecule has 0 heterocycles. The molecule has 0 bridgehead atoms. The summed E-state index contributed by atoms with van der Waals surface area (Å²) < 4.78 is 11.2. The molecule has 4 rings (SSSR count). The second-order valence-electron chi connectivity index (χ2n) is 10.9. The van der Waals surface area contributed by atoms with E-state index in [-0.39, 0.29) is 59.1 Å². The molecule has 0 aromatic carbocycles. The lowest BCUT2D eigenvalue weighted by Gasteiger charge is -2.62. The molecular weight excluding hydrogens is 404 g/mol. The van der Waals surface area contributed by atoms with E-state index >= 15 is 0 Å². The standard InChI is InChI=1S/C24H37ClO5/c1-23-9-8-15(26)10-14(23)4-5-16-17-6-7-18(19(27)13-29-3)24(17,2)11-20(22(16)23)30-21(28)12-25/h14-18,20,22,26H,4-13H2,1-3H3/t14-,15+,16-,17-,18+,20-,22+,23-,24-/m0/s1. The van der Waals surface area contributed by atoms with Crippen LogP contribution < -0.4 is 0 Å². The summed E-state index contributed by atoms with van der Waals surface area (Å²) in [4.78, 5) is 25.2. The van der Waals surface area contributed by atoms with Gasteiger partial charge >= 0.3 is 5.97 Å². The van der Waals surface area contributed by atoms with Gasteiger partial charge in [-0.3, -0.25) is 9.59 Å². The van der Waals surface area contributed by atoms with Crippen LogP contribution in [0.4, 0.5) is 0 Å². The third-order valence-corrected chi connectivity index (χ3v) is 9.83. The Bertz CT molecular complexity index is 683. The highest BCUT2D eigenvalue weighted by Crippen LogP contribution is 2.68. The molecule has 6 heteroatoms. The van der Waals surface area contributed by atoms with E-state index in [1.807, 2.05) is 0 Å². The van der Waals surface area contributed by atoms with E-state index in [9.17, 15) is 14.7 Å². The molecule has 0 aromatic rings. The highest BCUT2D eigenvalue weighted by Gasteiger charge is 2.64. The van der Waals surface area contributed by atoms with Crippen molar-refractivity contribution >= 4 is 23.4 Å². The summed E-state index contributed by atoms with van der Waals surface area (Å²) in [6, 6.07) is 0. The minimum Gasteiger partial charge on any atom is -0.461 e. The average Bonchev–Trinajstić information content (AvgIpc) is 3.05.